The van der Waals surface area contributed by atoms with Crippen molar-refractivity contribution in [1.29, 1.82) is 0 Å². The molecule has 5 nitrogen and oxygen atoms in total. The Kier molecular flexibility index (Phi) is 5.48. The second kappa shape index (κ2) is 8.12. The number of hydrogen-bond acceptors (Lipinski definition) is 4. The maximum absolute atomic E-state index is 14.3. The molecule has 0 aliphatic heterocycles. The van der Waals surface area contributed by atoms with Gasteiger partial charge < -0.3 is 0 Å². The first-order valence-electron chi connectivity index (χ1n) is 9.60. The first-order chi connectivity index (χ1) is 15.1. The summed E-state index contributed by atoms with van der Waals surface area (Å²) in [5.74, 6) is -0.921. The Morgan fingerprint density at radius 3 is 2.09 bits per heavy atom. The highest BCUT2D eigenvalue weighted by Gasteiger charge is 2.18. The average molecular weight is 452 g/mol. The fourth-order valence-electron chi connectivity index (χ4n) is 3.35. The third kappa shape index (κ3) is 4.09. The minimum atomic E-state index is -3.39. The topological polar surface area (TPSA) is 69.0 Å². The van der Waals surface area contributed by atoms with Gasteiger partial charge in [0.2, 0.25) is 0 Å². The minimum Gasteiger partial charge on any atom is -0.267 e. The number of benzene rings is 3. The second-order valence-corrected chi connectivity index (χ2v) is 9.40. The highest BCUT2D eigenvalue weighted by molar-refractivity contribution is 7.90. The van der Waals surface area contributed by atoms with E-state index in [1.54, 1.807) is 31.2 Å². The molecule has 0 N–H and O–H groups in total. The van der Waals surface area contributed by atoms with Crippen LogP contribution in [0.5, 0.6) is 0 Å². The van der Waals surface area contributed by atoms with Crippen LogP contribution in [0.2, 0.25) is 0 Å². The molecule has 4 aromatic rings. The molecule has 0 saturated carbocycles. The minimum absolute atomic E-state index is 0.136. The lowest BCUT2D eigenvalue weighted by Gasteiger charge is -2.13. The molecule has 8 heteroatoms. The molecule has 0 atom stereocenters. The molecule has 32 heavy (non-hydrogen) atoms. The summed E-state index contributed by atoms with van der Waals surface area (Å²) in [6, 6.07) is 15.8. The van der Waals surface area contributed by atoms with Crippen LogP contribution in [-0.4, -0.2) is 24.5 Å². The fourth-order valence-corrected chi connectivity index (χ4v) is 3.98. The van der Waals surface area contributed by atoms with Gasteiger partial charge in [-0.25, -0.2) is 17.2 Å². The van der Waals surface area contributed by atoms with E-state index in [0.717, 1.165) is 10.9 Å². The van der Waals surface area contributed by atoms with Gasteiger partial charge in [0.25, 0.3) is 5.56 Å². The van der Waals surface area contributed by atoms with E-state index >= 15 is 0 Å². The molecule has 4 rings (SSSR count). The second-order valence-electron chi connectivity index (χ2n) is 7.39. The average Bonchev–Trinajstić information content (AvgIpc) is 2.76. The van der Waals surface area contributed by atoms with Gasteiger partial charge in [-0.1, -0.05) is 24.3 Å². The summed E-state index contributed by atoms with van der Waals surface area (Å²) in [7, 11) is -3.39. The number of aromatic nitrogens is 2. The lowest BCUT2D eigenvalue weighted by atomic mass is 9.96. The summed E-state index contributed by atoms with van der Waals surface area (Å²) >= 11 is 0. The summed E-state index contributed by atoms with van der Waals surface area (Å²) in [6.45, 7) is 1.62. The molecule has 0 aliphatic rings. The molecule has 1 aromatic heterocycles. The van der Waals surface area contributed by atoms with Gasteiger partial charge in [0.1, 0.15) is 11.6 Å². The van der Waals surface area contributed by atoms with Gasteiger partial charge in [-0.05, 0) is 66.1 Å². The van der Waals surface area contributed by atoms with E-state index in [-0.39, 0.29) is 10.5 Å². The van der Waals surface area contributed by atoms with Crippen LogP contribution in [0.1, 0.15) is 5.56 Å². The van der Waals surface area contributed by atoms with Crippen LogP contribution in [-0.2, 0) is 9.84 Å². The van der Waals surface area contributed by atoms with Gasteiger partial charge in [0.05, 0.1) is 22.3 Å². The molecule has 0 unspecified atom stereocenters. The van der Waals surface area contributed by atoms with E-state index in [2.05, 4.69) is 5.10 Å². The zero-order valence-corrected chi connectivity index (χ0v) is 18.0. The number of aryl methyl sites for hydroxylation is 1. The summed E-state index contributed by atoms with van der Waals surface area (Å²) in [5.41, 5.74) is 1.75. The van der Waals surface area contributed by atoms with Gasteiger partial charge in [0.15, 0.2) is 9.84 Å². The summed E-state index contributed by atoms with van der Waals surface area (Å²) in [6.07, 6.45) is 2.56. The Labute approximate surface area is 183 Å². The first kappa shape index (κ1) is 21.6. The van der Waals surface area contributed by atoms with Gasteiger partial charge in [-0.15, -0.1) is 0 Å². The number of nitrogens with zero attached hydrogens (tertiary/aromatic N) is 2. The lowest BCUT2D eigenvalue weighted by Crippen LogP contribution is -2.23. The molecule has 0 aliphatic carbocycles. The van der Waals surface area contributed by atoms with Crippen molar-refractivity contribution in [3.05, 3.63) is 100 Å². The van der Waals surface area contributed by atoms with Crippen molar-refractivity contribution >= 4 is 9.84 Å². The van der Waals surface area contributed by atoms with Crippen LogP contribution in [0.3, 0.4) is 0 Å². The van der Waals surface area contributed by atoms with E-state index < -0.39 is 27.0 Å². The van der Waals surface area contributed by atoms with Gasteiger partial charge >= 0.3 is 0 Å². The Hall–Kier alpha value is -3.65. The smallest absolute Gasteiger partial charge is 0.267 e. The van der Waals surface area contributed by atoms with Crippen LogP contribution in [0, 0.1) is 18.6 Å². The Bertz CT molecular complexity index is 1480. The van der Waals surface area contributed by atoms with Gasteiger partial charge in [-0.3, -0.25) is 4.79 Å². The van der Waals surface area contributed by atoms with Crippen LogP contribution in [0.25, 0.3) is 27.9 Å². The van der Waals surface area contributed by atoms with E-state index in [1.165, 1.54) is 48.7 Å². The monoisotopic (exact) mass is 452 g/mol. The highest BCUT2D eigenvalue weighted by atomic mass is 32.2. The molecule has 0 saturated heterocycles. The van der Waals surface area contributed by atoms with Crippen LogP contribution < -0.4 is 5.56 Å². The van der Waals surface area contributed by atoms with Crippen LogP contribution >= 0.6 is 0 Å². The standard InChI is InChI=1S/C24H18F2N2O3S/c1-15-3-4-17(13-22(15)26)23-21(16-5-11-20(12-6-16)32(2,30)31)14-27-28(24(23)29)19-9-7-18(25)8-10-19/h3-14H,1-2H3. The van der Waals surface area contributed by atoms with Crippen molar-refractivity contribution in [2.45, 2.75) is 11.8 Å². The molecule has 0 fully saturated rings. The van der Waals surface area contributed by atoms with E-state index in [0.29, 0.717) is 27.9 Å². The van der Waals surface area contributed by atoms with E-state index in [9.17, 15) is 22.0 Å². The Morgan fingerprint density at radius 2 is 1.50 bits per heavy atom. The number of hydrogen-bond donors (Lipinski definition) is 0. The maximum atomic E-state index is 14.3. The first-order valence-corrected chi connectivity index (χ1v) is 11.5. The fraction of sp³-hybridized carbons (Fsp3) is 0.0833. The number of rotatable bonds is 4. The summed E-state index contributed by atoms with van der Waals surface area (Å²) in [4.78, 5) is 13.6. The largest absolute Gasteiger partial charge is 0.280 e. The third-order valence-corrected chi connectivity index (χ3v) is 6.23. The van der Waals surface area contributed by atoms with E-state index in [4.69, 9.17) is 0 Å². The van der Waals surface area contributed by atoms with Crippen LogP contribution in [0.15, 0.2) is 82.6 Å². The van der Waals surface area contributed by atoms with Gasteiger partial charge in [0, 0.05) is 11.8 Å². The molecular weight excluding hydrogens is 434 g/mol. The molecule has 3 aromatic carbocycles. The van der Waals surface area contributed by atoms with Crippen LogP contribution in [0.4, 0.5) is 8.78 Å². The van der Waals surface area contributed by atoms with E-state index in [1.807, 2.05) is 0 Å². The van der Waals surface area contributed by atoms with Crippen molar-refractivity contribution in [3.8, 4) is 27.9 Å². The third-order valence-electron chi connectivity index (χ3n) is 5.10. The molecular formula is C24H18F2N2O3S. The number of halogens is 2. The van der Waals surface area contributed by atoms with Crippen molar-refractivity contribution < 1.29 is 17.2 Å². The Morgan fingerprint density at radius 1 is 0.875 bits per heavy atom. The summed E-state index contributed by atoms with van der Waals surface area (Å²) in [5, 5.41) is 4.22. The molecule has 0 radical (unpaired) electrons. The molecule has 0 bridgehead atoms. The van der Waals surface area contributed by atoms with Gasteiger partial charge in [-0.2, -0.15) is 9.78 Å². The molecule has 0 spiro atoms. The predicted octanol–water partition coefficient (Wildman–Crippen LogP) is 4.56. The quantitative estimate of drug-likeness (QED) is 0.455. The lowest BCUT2D eigenvalue weighted by molar-refractivity contribution is 0.602. The molecule has 0 amide bonds. The zero-order valence-electron chi connectivity index (χ0n) is 17.2. The molecule has 1 heterocycles. The van der Waals surface area contributed by atoms with Crippen molar-refractivity contribution in [2.75, 3.05) is 6.26 Å². The SMILES string of the molecule is Cc1ccc(-c2c(-c3ccc(S(C)(=O)=O)cc3)cnn(-c3ccc(F)cc3)c2=O)cc1F. The highest BCUT2D eigenvalue weighted by Crippen LogP contribution is 2.31. The predicted molar refractivity (Wildman–Crippen MR) is 118 cm³/mol. The maximum Gasteiger partial charge on any atom is 0.280 e. The normalized spacial score (nSPS) is 11.5. The molecule has 162 valence electrons. The van der Waals surface area contributed by atoms with Crippen molar-refractivity contribution in [3.63, 3.8) is 0 Å². The van der Waals surface area contributed by atoms with Crippen molar-refractivity contribution in [2.24, 2.45) is 0 Å². The summed E-state index contributed by atoms with van der Waals surface area (Å²) < 4.78 is 52.4. The van der Waals surface area contributed by atoms with Crippen molar-refractivity contribution in [1.82, 2.24) is 9.78 Å². The number of sulfone groups is 1. The Balaban J connectivity index is 1.97. The zero-order chi connectivity index (χ0) is 23.0.